The van der Waals surface area contributed by atoms with E-state index in [1.54, 1.807) is 7.11 Å². The van der Waals surface area contributed by atoms with Gasteiger partial charge in [-0.15, -0.1) is 0 Å². The molecule has 0 saturated carbocycles. The minimum absolute atomic E-state index is 0.0755. The molecule has 3 unspecified atom stereocenters. The van der Waals surface area contributed by atoms with Gasteiger partial charge in [0.1, 0.15) is 5.75 Å². The highest BCUT2D eigenvalue weighted by Gasteiger charge is 2.33. The van der Waals surface area contributed by atoms with Crippen LogP contribution in [-0.2, 0) is 4.79 Å². The van der Waals surface area contributed by atoms with E-state index in [1.807, 2.05) is 24.3 Å². The topological polar surface area (TPSA) is 81.6 Å². The molecule has 1 fully saturated rings. The maximum Gasteiger partial charge on any atom is 0.221 e. The van der Waals surface area contributed by atoms with Gasteiger partial charge in [0.15, 0.2) is 0 Å². The first-order valence-electron chi connectivity index (χ1n) is 7.46. The summed E-state index contributed by atoms with van der Waals surface area (Å²) < 4.78 is 5.19. The summed E-state index contributed by atoms with van der Waals surface area (Å²) >= 11 is 0. The Morgan fingerprint density at radius 1 is 1.38 bits per heavy atom. The summed E-state index contributed by atoms with van der Waals surface area (Å²) in [6.07, 6.45) is 1.84. The van der Waals surface area contributed by atoms with Crippen LogP contribution < -0.4 is 16.2 Å². The van der Waals surface area contributed by atoms with Crippen molar-refractivity contribution >= 4 is 5.91 Å². The molecule has 1 aliphatic rings. The van der Waals surface area contributed by atoms with Gasteiger partial charge in [0.2, 0.25) is 5.91 Å². The van der Waals surface area contributed by atoms with Crippen molar-refractivity contribution in [3.05, 3.63) is 29.8 Å². The summed E-state index contributed by atoms with van der Waals surface area (Å²) in [4.78, 5) is 13.8. The van der Waals surface area contributed by atoms with Crippen LogP contribution in [-0.4, -0.2) is 37.0 Å². The number of carbonyl (C=O) groups excluding carboxylic acids is 1. The third kappa shape index (κ3) is 3.54. The van der Waals surface area contributed by atoms with Crippen LogP contribution in [0.5, 0.6) is 5.75 Å². The molecule has 3 atom stereocenters. The SMILES string of the molecule is COc1ccc(C(CN)N2CC(C(N)=O)CCC2C)cc1. The Bertz CT molecular complexity index is 475. The van der Waals surface area contributed by atoms with E-state index in [9.17, 15) is 4.79 Å². The lowest BCUT2D eigenvalue weighted by atomic mass is 9.90. The monoisotopic (exact) mass is 291 g/mol. The maximum absolute atomic E-state index is 11.5. The predicted octanol–water partition coefficient (Wildman–Crippen LogP) is 1.28. The average Bonchev–Trinajstić information content (AvgIpc) is 2.50. The number of ether oxygens (including phenoxy) is 1. The highest BCUT2D eigenvalue weighted by Crippen LogP contribution is 2.31. The number of carbonyl (C=O) groups is 1. The number of rotatable bonds is 5. The van der Waals surface area contributed by atoms with Crippen molar-refractivity contribution in [2.45, 2.75) is 31.8 Å². The van der Waals surface area contributed by atoms with E-state index in [-0.39, 0.29) is 17.9 Å². The molecule has 1 saturated heterocycles. The fourth-order valence-corrected chi connectivity index (χ4v) is 3.09. The summed E-state index contributed by atoms with van der Waals surface area (Å²) in [5.74, 6) is 0.544. The summed E-state index contributed by atoms with van der Waals surface area (Å²) in [6, 6.07) is 8.47. The van der Waals surface area contributed by atoms with Gasteiger partial charge in [-0.25, -0.2) is 0 Å². The number of amides is 1. The molecule has 0 spiro atoms. The number of piperidine rings is 1. The lowest BCUT2D eigenvalue weighted by Gasteiger charge is -2.42. The Morgan fingerprint density at radius 2 is 2.05 bits per heavy atom. The van der Waals surface area contributed by atoms with E-state index >= 15 is 0 Å². The second-order valence-electron chi connectivity index (χ2n) is 5.75. The smallest absolute Gasteiger partial charge is 0.221 e. The van der Waals surface area contributed by atoms with Gasteiger partial charge in [0, 0.05) is 25.2 Å². The quantitative estimate of drug-likeness (QED) is 0.856. The first kappa shape index (κ1) is 15.8. The van der Waals surface area contributed by atoms with Crippen molar-refractivity contribution in [1.82, 2.24) is 4.90 Å². The van der Waals surface area contributed by atoms with Crippen LogP contribution in [0, 0.1) is 5.92 Å². The third-order valence-corrected chi connectivity index (χ3v) is 4.46. The van der Waals surface area contributed by atoms with Crippen LogP contribution >= 0.6 is 0 Å². The first-order chi connectivity index (χ1) is 10.1. The molecule has 4 N–H and O–H groups in total. The number of hydrogen-bond acceptors (Lipinski definition) is 4. The Balaban J connectivity index is 2.19. The minimum atomic E-state index is -0.211. The van der Waals surface area contributed by atoms with Gasteiger partial charge in [-0.2, -0.15) is 0 Å². The van der Waals surface area contributed by atoms with Crippen molar-refractivity contribution in [2.75, 3.05) is 20.2 Å². The van der Waals surface area contributed by atoms with Crippen LogP contribution in [0.3, 0.4) is 0 Å². The van der Waals surface area contributed by atoms with Gasteiger partial charge in [-0.05, 0) is 37.5 Å². The van der Waals surface area contributed by atoms with Gasteiger partial charge >= 0.3 is 0 Å². The number of primary amides is 1. The summed E-state index contributed by atoms with van der Waals surface area (Å²) in [5, 5.41) is 0. The zero-order valence-electron chi connectivity index (χ0n) is 12.8. The largest absolute Gasteiger partial charge is 0.497 e. The average molecular weight is 291 g/mol. The molecule has 1 heterocycles. The molecule has 1 amide bonds. The number of benzene rings is 1. The number of likely N-dealkylation sites (tertiary alicyclic amines) is 1. The van der Waals surface area contributed by atoms with Gasteiger partial charge in [-0.3, -0.25) is 9.69 Å². The van der Waals surface area contributed by atoms with E-state index in [0.717, 1.165) is 24.2 Å². The Morgan fingerprint density at radius 3 is 2.57 bits per heavy atom. The molecule has 0 radical (unpaired) electrons. The predicted molar refractivity (Wildman–Crippen MR) is 82.9 cm³/mol. The molecule has 1 aromatic carbocycles. The van der Waals surface area contributed by atoms with Crippen molar-refractivity contribution in [3.63, 3.8) is 0 Å². The fraction of sp³-hybridized carbons (Fsp3) is 0.562. The second-order valence-corrected chi connectivity index (χ2v) is 5.75. The lowest BCUT2D eigenvalue weighted by Crippen LogP contribution is -2.48. The number of nitrogens with zero attached hydrogens (tertiary/aromatic N) is 1. The van der Waals surface area contributed by atoms with Crippen LogP contribution in [0.25, 0.3) is 0 Å². The molecule has 2 rings (SSSR count). The molecular formula is C16H25N3O2. The van der Waals surface area contributed by atoms with Gasteiger partial charge in [0.25, 0.3) is 0 Å². The Kier molecular flexibility index (Phi) is 5.20. The van der Waals surface area contributed by atoms with Crippen molar-refractivity contribution in [1.29, 1.82) is 0 Å². The number of nitrogens with two attached hydrogens (primary N) is 2. The molecule has 0 aliphatic carbocycles. The van der Waals surface area contributed by atoms with Crippen molar-refractivity contribution in [2.24, 2.45) is 17.4 Å². The van der Waals surface area contributed by atoms with Crippen LogP contribution in [0.4, 0.5) is 0 Å². The van der Waals surface area contributed by atoms with Gasteiger partial charge in [0.05, 0.1) is 13.0 Å². The number of methoxy groups -OCH3 is 1. The van der Waals surface area contributed by atoms with E-state index in [4.69, 9.17) is 16.2 Å². The highest BCUT2D eigenvalue weighted by molar-refractivity contribution is 5.77. The van der Waals surface area contributed by atoms with Crippen LogP contribution in [0.2, 0.25) is 0 Å². The second kappa shape index (κ2) is 6.91. The van der Waals surface area contributed by atoms with Crippen molar-refractivity contribution < 1.29 is 9.53 Å². The molecular weight excluding hydrogens is 266 g/mol. The fourth-order valence-electron chi connectivity index (χ4n) is 3.09. The molecule has 1 aromatic rings. The summed E-state index contributed by atoms with van der Waals surface area (Å²) in [7, 11) is 1.65. The van der Waals surface area contributed by atoms with Gasteiger partial charge in [-0.1, -0.05) is 12.1 Å². The summed E-state index contributed by atoms with van der Waals surface area (Å²) in [6.45, 7) is 3.38. The lowest BCUT2D eigenvalue weighted by molar-refractivity contribution is -0.124. The zero-order chi connectivity index (χ0) is 15.4. The minimum Gasteiger partial charge on any atom is -0.497 e. The standard InChI is InChI=1S/C16H25N3O2/c1-11-3-4-13(16(18)20)10-19(11)15(9-17)12-5-7-14(21-2)8-6-12/h5-8,11,13,15H,3-4,9-10,17H2,1-2H3,(H2,18,20). The van der Waals surface area contributed by atoms with Crippen LogP contribution in [0.15, 0.2) is 24.3 Å². The molecule has 21 heavy (non-hydrogen) atoms. The van der Waals surface area contributed by atoms with E-state index in [1.165, 1.54) is 0 Å². The zero-order valence-corrected chi connectivity index (χ0v) is 12.8. The first-order valence-corrected chi connectivity index (χ1v) is 7.46. The Hall–Kier alpha value is -1.59. The highest BCUT2D eigenvalue weighted by atomic mass is 16.5. The van der Waals surface area contributed by atoms with Gasteiger partial charge < -0.3 is 16.2 Å². The molecule has 5 heteroatoms. The molecule has 0 aromatic heterocycles. The summed E-state index contributed by atoms with van der Waals surface area (Å²) in [5.41, 5.74) is 12.6. The third-order valence-electron chi connectivity index (χ3n) is 4.46. The van der Waals surface area contributed by atoms with Crippen LogP contribution in [0.1, 0.15) is 31.4 Å². The van der Waals surface area contributed by atoms with E-state index in [0.29, 0.717) is 19.1 Å². The van der Waals surface area contributed by atoms with E-state index in [2.05, 4.69) is 11.8 Å². The van der Waals surface area contributed by atoms with Crippen molar-refractivity contribution in [3.8, 4) is 5.75 Å². The Labute approximate surface area is 126 Å². The normalized spacial score (nSPS) is 24.5. The van der Waals surface area contributed by atoms with E-state index < -0.39 is 0 Å². The maximum atomic E-state index is 11.5. The number of hydrogen-bond donors (Lipinski definition) is 2. The molecule has 1 aliphatic heterocycles. The molecule has 0 bridgehead atoms. The molecule has 116 valence electrons. The molecule has 5 nitrogen and oxygen atoms in total.